The van der Waals surface area contributed by atoms with Crippen molar-refractivity contribution in [3.8, 4) is 17.2 Å². The number of carbonyl (C=O) groups excluding carboxylic acids is 1. The lowest BCUT2D eigenvalue weighted by atomic mass is 9.98. The highest BCUT2D eigenvalue weighted by Crippen LogP contribution is 2.49. The van der Waals surface area contributed by atoms with E-state index in [2.05, 4.69) is 5.09 Å². The molecule has 1 aromatic carbocycles. The molecule has 1 aromatic heterocycles. The van der Waals surface area contributed by atoms with Gasteiger partial charge in [-0.2, -0.15) is 5.09 Å². The first-order valence-electron chi connectivity index (χ1n) is 11.9. The quantitative estimate of drug-likeness (QED) is 0.275. The molecule has 3 N–H and O–H groups in total. The standard InChI is InChI=1S/C23H29FN3O11P/c1-12(2)36-20(30)13(3)26-39(32,38-14-5-6-15-16(9-14)34-11-33-15)35-10-17-19(29)23(4,24)21(37-17)27-8-7-18(28)25-22(27)31/h5-9,12-13,17,19,21,29H,10-11H2,1-4H3,(H,26,32)(H,25,28,31)/t13-,17+,19+,21+,23+,39-/m0/s1. The molecule has 3 heterocycles. The third kappa shape index (κ3) is 6.34. The van der Waals surface area contributed by atoms with Gasteiger partial charge in [0.25, 0.3) is 5.56 Å². The molecule has 1 saturated heterocycles. The summed E-state index contributed by atoms with van der Waals surface area (Å²) in [6, 6.07) is 4.17. The molecule has 2 aliphatic rings. The Morgan fingerprint density at radius 1 is 1.28 bits per heavy atom. The molecule has 2 aliphatic heterocycles. The number of nitrogens with one attached hydrogen (secondary N) is 2. The number of H-pyrrole nitrogens is 1. The molecular weight excluding hydrogens is 544 g/mol. The van der Waals surface area contributed by atoms with Crippen molar-refractivity contribution in [2.75, 3.05) is 13.4 Å². The van der Waals surface area contributed by atoms with Gasteiger partial charge in [0.15, 0.2) is 23.4 Å². The van der Waals surface area contributed by atoms with Crippen LogP contribution in [0.2, 0.25) is 0 Å². The first kappa shape index (κ1) is 28.8. The number of benzene rings is 1. The number of aliphatic hydroxyl groups is 1. The van der Waals surface area contributed by atoms with E-state index in [1.54, 1.807) is 13.8 Å². The monoisotopic (exact) mass is 573 g/mol. The van der Waals surface area contributed by atoms with Crippen LogP contribution in [-0.2, 0) is 23.4 Å². The number of aliphatic hydroxyl groups excluding tert-OH is 1. The van der Waals surface area contributed by atoms with Gasteiger partial charge in [-0.15, -0.1) is 0 Å². The minimum Gasteiger partial charge on any atom is -0.462 e. The Morgan fingerprint density at radius 2 is 2.00 bits per heavy atom. The van der Waals surface area contributed by atoms with Crippen LogP contribution in [0.15, 0.2) is 40.1 Å². The summed E-state index contributed by atoms with van der Waals surface area (Å²) in [4.78, 5) is 37.9. The lowest BCUT2D eigenvalue weighted by molar-refractivity contribution is -0.149. The Bertz CT molecular complexity index is 1380. The molecule has 4 rings (SSSR count). The minimum atomic E-state index is -4.43. The molecule has 0 radical (unpaired) electrons. The molecule has 0 bridgehead atoms. The first-order chi connectivity index (χ1) is 18.3. The summed E-state index contributed by atoms with van der Waals surface area (Å²) >= 11 is 0. The van der Waals surface area contributed by atoms with E-state index in [1.807, 2.05) is 4.98 Å². The van der Waals surface area contributed by atoms with Gasteiger partial charge in [0.1, 0.15) is 24.0 Å². The summed E-state index contributed by atoms with van der Waals surface area (Å²) in [6.07, 6.45) is -4.35. The highest BCUT2D eigenvalue weighted by molar-refractivity contribution is 7.52. The van der Waals surface area contributed by atoms with Crippen LogP contribution in [0.1, 0.15) is 33.9 Å². The number of hydrogen-bond acceptors (Lipinski definition) is 11. The normalized spacial score (nSPS) is 26.3. The number of aromatic amines is 1. The van der Waals surface area contributed by atoms with Crippen LogP contribution < -0.4 is 30.3 Å². The maximum atomic E-state index is 15.5. The second kappa shape index (κ2) is 11.1. The van der Waals surface area contributed by atoms with Crippen LogP contribution in [0.3, 0.4) is 0 Å². The average Bonchev–Trinajstić information content (AvgIpc) is 3.39. The van der Waals surface area contributed by atoms with Crippen LogP contribution >= 0.6 is 7.75 Å². The number of nitrogens with zero attached hydrogens (tertiary/aromatic N) is 1. The number of aromatic nitrogens is 2. The van der Waals surface area contributed by atoms with Crippen LogP contribution in [0, 0.1) is 0 Å². The van der Waals surface area contributed by atoms with E-state index >= 15 is 4.39 Å². The zero-order chi connectivity index (χ0) is 28.5. The summed E-state index contributed by atoms with van der Waals surface area (Å²) in [5, 5.41) is 13.1. The highest BCUT2D eigenvalue weighted by atomic mass is 31.2. The zero-order valence-corrected chi connectivity index (χ0v) is 22.4. The maximum absolute atomic E-state index is 15.5. The van der Waals surface area contributed by atoms with Crippen molar-refractivity contribution in [2.45, 2.75) is 63.9 Å². The molecular formula is C23H29FN3O11P. The molecule has 16 heteroatoms. The lowest BCUT2D eigenvalue weighted by Gasteiger charge is -2.25. The van der Waals surface area contributed by atoms with Gasteiger partial charge in [-0.05, 0) is 39.8 Å². The molecule has 0 spiro atoms. The molecule has 0 aliphatic carbocycles. The van der Waals surface area contributed by atoms with Crippen LogP contribution in [0.4, 0.5) is 4.39 Å². The lowest BCUT2D eigenvalue weighted by Crippen LogP contribution is -2.43. The molecule has 14 nitrogen and oxygen atoms in total. The molecule has 0 unspecified atom stereocenters. The van der Waals surface area contributed by atoms with Crippen molar-refractivity contribution in [3.05, 3.63) is 51.3 Å². The van der Waals surface area contributed by atoms with E-state index in [1.165, 1.54) is 25.1 Å². The topological polar surface area (TPSA) is 177 Å². The van der Waals surface area contributed by atoms with E-state index < -0.39 is 67.8 Å². The SMILES string of the molecule is CC(C)OC(=O)[C@H](C)N[P@](=O)(OC[C@H]1O[C@@H](n2ccc(=O)[nH]c2=O)[C@](C)(F)[C@@H]1O)Oc1ccc2c(c1)OCO2. The van der Waals surface area contributed by atoms with Gasteiger partial charge in [-0.1, -0.05) is 0 Å². The van der Waals surface area contributed by atoms with Crippen molar-refractivity contribution < 1.29 is 46.9 Å². The van der Waals surface area contributed by atoms with Gasteiger partial charge in [0.2, 0.25) is 6.79 Å². The average molecular weight is 573 g/mol. The van der Waals surface area contributed by atoms with Gasteiger partial charge in [-0.3, -0.25) is 23.7 Å². The molecule has 2 aromatic rings. The van der Waals surface area contributed by atoms with Crippen LogP contribution in [0.25, 0.3) is 0 Å². The Morgan fingerprint density at radius 3 is 2.69 bits per heavy atom. The van der Waals surface area contributed by atoms with Gasteiger partial charge < -0.3 is 28.6 Å². The molecule has 214 valence electrons. The second-order valence-corrected chi connectivity index (χ2v) is 11.1. The Kier molecular flexibility index (Phi) is 8.19. The number of rotatable bonds is 10. The fourth-order valence-corrected chi connectivity index (χ4v) is 5.41. The maximum Gasteiger partial charge on any atom is 0.459 e. The van der Waals surface area contributed by atoms with Crippen molar-refractivity contribution in [1.29, 1.82) is 0 Å². The van der Waals surface area contributed by atoms with Crippen molar-refractivity contribution >= 4 is 13.7 Å². The number of fused-ring (bicyclic) bond motifs is 1. The largest absolute Gasteiger partial charge is 0.462 e. The predicted molar refractivity (Wildman–Crippen MR) is 131 cm³/mol. The number of alkyl halides is 1. The molecule has 0 saturated carbocycles. The fourth-order valence-electron chi connectivity index (χ4n) is 3.92. The molecule has 1 fully saturated rings. The highest BCUT2D eigenvalue weighted by Gasteiger charge is 2.56. The van der Waals surface area contributed by atoms with E-state index in [4.69, 9.17) is 28.0 Å². The number of halogens is 1. The number of ether oxygens (including phenoxy) is 4. The van der Waals surface area contributed by atoms with Gasteiger partial charge in [0.05, 0.1) is 12.7 Å². The number of carbonyl (C=O) groups is 1. The van der Waals surface area contributed by atoms with Crippen molar-refractivity contribution in [2.24, 2.45) is 0 Å². The minimum absolute atomic E-state index is 0.0122. The van der Waals surface area contributed by atoms with Crippen molar-refractivity contribution in [1.82, 2.24) is 14.6 Å². The summed E-state index contributed by atoms with van der Waals surface area (Å²) in [6.45, 7) is 4.96. The summed E-state index contributed by atoms with van der Waals surface area (Å²) in [7, 11) is -4.43. The number of esters is 1. The first-order valence-corrected chi connectivity index (χ1v) is 13.5. The third-order valence-electron chi connectivity index (χ3n) is 5.86. The smallest absolute Gasteiger partial charge is 0.459 e. The van der Waals surface area contributed by atoms with E-state index in [0.29, 0.717) is 11.5 Å². The Balaban J connectivity index is 1.54. The predicted octanol–water partition coefficient (Wildman–Crippen LogP) is 1.39. The summed E-state index contributed by atoms with van der Waals surface area (Å²) in [5.74, 6) is 0.0472. The van der Waals surface area contributed by atoms with Crippen LogP contribution in [-0.4, -0.2) is 64.0 Å². The fraction of sp³-hybridized carbons (Fsp3) is 0.522. The van der Waals surface area contributed by atoms with Gasteiger partial charge >= 0.3 is 19.4 Å². The van der Waals surface area contributed by atoms with Crippen molar-refractivity contribution in [3.63, 3.8) is 0 Å². The third-order valence-corrected chi connectivity index (χ3v) is 7.50. The second-order valence-electron chi connectivity index (χ2n) is 9.38. The summed E-state index contributed by atoms with van der Waals surface area (Å²) in [5.41, 5.74) is -4.17. The van der Waals surface area contributed by atoms with E-state index in [0.717, 1.165) is 23.8 Å². The number of hydrogen-bond donors (Lipinski definition) is 3. The molecule has 6 atom stereocenters. The zero-order valence-electron chi connectivity index (χ0n) is 21.5. The van der Waals surface area contributed by atoms with Gasteiger partial charge in [0, 0.05) is 18.3 Å². The summed E-state index contributed by atoms with van der Waals surface area (Å²) < 4.78 is 62.4. The molecule has 39 heavy (non-hydrogen) atoms. The van der Waals surface area contributed by atoms with E-state index in [-0.39, 0.29) is 12.5 Å². The Labute approximate surface area is 221 Å². The van der Waals surface area contributed by atoms with Crippen LogP contribution in [0.5, 0.6) is 17.2 Å². The van der Waals surface area contributed by atoms with E-state index in [9.17, 15) is 24.1 Å². The molecule has 0 amide bonds. The Hall–Kier alpha value is -3.23. The van der Waals surface area contributed by atoms with Gasteiger partial charge in [-0.25, -0.2) is 13.8 Å².